The molecule has 0 radical (unpaired) electrons. The summed E-state index contributed by atoms with van der Waals surface area (Å²) in [6.45, 7) is 2.21. The summed E-state index contributed by atoms with van der Waals surface area (Å²) in [5.74, 6) is 0. The highest BCUT2D eigenvalue weighted by Gasteiger charge is 2.51. The lowest BCUT2D eigenvalue weighted by Gasteiger charge is -2.30. The van der Waals surface area contributed by atoms with Crippen LogP contribution >= 0.6 is 0 Å². The molecular weight excluding hydrogens is 360 g/mol. The summed E-state index contributed by atoms with van der Waals surface area (Å²) in [6, 6.07) is 38.5. The molecule has 5 aromatic rings. The van der Waals surface area contributed by atoms with Crippen LogP contribution in [0.4, 0.5) is 0 Å². The van der Waals surface area contributed by atoms with Crippen LogP contribution in [0, 0.1) is 6.92 Å². The van der Waals surface area contributed by atoms with Gasteiger partial charge in [-0.15, -0.1) is 0 Å². The minimum absolute atomic E-state index is 0.242. The minimum atomic E-state index is -0.242. The van der Waals surface area contributed by atoms with E-state index in [2.05, 4.69) is 110 Å². The summed E-state index contributed by atoms with van der Waals surface area (Å²) in [5, 5.41) is 2.65. The van der Waals surface area contributed by atoms with Gasteiger partial charge < -0.3 is 0 Å². The number of benzene rings is 5. The summed E-state index contributed by atoms with van der Waals surface area (Å²) in [4.78, 5) is 0. The van der Waals surface area contributed by atoms with Crippen molar-refractivity contribution in [3.8, 4) is 22.3 Å². The molecule has 30 heavy (non-hydrogen) atoms. The first-order valence-electron chi connectivity index (χ1n) is 10.6. The molecule has 0 aromatic heterocycles. The zero-order chi connectivity index (χ0) is 19.9. The smallest absolute Gasteiger partial charge is 0.0619 e. The summed E-state index contributed by atoms with van der Waals surface area (Å²) in [5.41, 5.74) is 12.2. The van der Waals surface area contributed by atoms with E-state index in [0.29, 0.717) is 0 Å². The maximum Gasteiger partial charge on any atom is 0.0725 e. The number of fused-ring (bicyclic) bond motifs is 12. The van der Waals surface area contributed by atoms with Crippen molar-refractivity contribution in [2.75, 3.05) is 0 Å². The third kappa shape index (κ3) is 1.74. The lowest BCUT2D eigenvalue weighted by Crippen LogP contribution is -2.25. The van der Waals surface area contributed by atoms with Crippen molar-refractivity contribution < 1.29 is 0 Å². The molecule has 0 bridgehead atoms. The second-order valence-corrected chi connectivity index (χ2v) is 8.60. The van der Waals surface area contributed by atoms with Crippen LogP contribution < -0.4 is 0 Å². The van der Waals surface area contributed by atoms with Gasteiger partial charge in [0.15, 0.2) is 0 Å². The Morgan fingerprint density at radius 3 is 2.03 bits per heavy atom. The Balaban J connectivity index is 1.75. The van der Waals surface area contributed by atoms with Gasteiger partial charge in [-0.1, -0.05) is 109 Å². The van der Waals surface area contributed by atoms with Crippen molar-refractivity contribution in [3.05, 3.63) is 131 Å². The normalized spacial score (nSPS) is 17.6. The van der Waals surface area contributed by atoms with Gasteiger partial charge in [-0.05, 0) is 62.2 Å². The lowest BCUT2D eigenvalue weighted by molar-refractivity contribution is 0.793. The topological polar surface area (TPSA) is 0 Å². The van der Waals surface area contributed by atoms with Crippen LogP contribution in [0.3, 0.4) is 0 Å². The van der Waals surface area contributed by atoms with E-state index in [9.17, 15) is 0 Å². The van der Waals surface area contributed by atoms with Crippen molar-refractivity contribution in [3.63, 3.8) is 0 Å². The zero-order valence-electron chi connectivity index (χ0n) is 16.8. The average molecular weight is 380 g/mol. The molecule has 0 heterocycles. The van der Waals surface area contributed by atoms with Crippen molar-refractivity contribution in [1.29, 1.82) is 0 Å². The molecule has 7 rings (SSSR count). The van der Waals surface area contributed by atoms with E-state index < -0.39 is 0 Å². The molecule has 1 unspecified atom stereocenters. The molecule has 0 saturated carbocycles. The van der Waals surface area contributed by atoms with Crippen LogP contribution in [0.5, 0.6) is 0 Å². The summed E-state index contributed by atoms with van der Waals surface area (Å²) in [6.07, 6.45) is 0. The second-order valence-electron chi connectivity index (χ2n) is 8.60. The molecule has 140 valence electrons. The van der Waals surface area contributed by atoms with Crippen LogP contribution in [0.1, 0.15) is 27.8 Å². The van der Waals surface area contributed by atoms with Crippen LogP contribution in [0.25, 0.3) is 33.0 Å². The van der Waals surface area contributed by atoms with Crippen LogP contribution in [-0.4, -0.2) is 0 Å². The largest absolute Gasteiger partial charge is 0.0725 e. The molecule has 2 aliphatic carbocycles. The van der Waals surface area contributed by atoms with Gasteiger partial charge in [-0.25, -0.2) is 0 Å². The third-order valence-corrected chi connectivity index (χ3v) is 7.13. The predicted octanol–water partition coefficient (Wildman–Crippen LogP) is 7.49. The quantitative estimate of drug-likeness (QED) is 0.256. The van der Waals surface area contributed by atoms with E-state index >= 15 is 0 Å². The molecule has 0 heteroatoms. The fraction of sp³-hybridized carbons (Fsp3) is 0.0667. The van der Waals surface area contributed by atoms with Gasteiger partial charge in [0.05, 0.1) is 5.41 Å². The molecule has 0 fully saturated rings. The van der Waals surface area contributed by atoms with Crippen molar-refractivity contribution in [2.24, 2.45) is 0 Å². The molecule has 0 nitrogen and oxygen atoms in total. The van der Waals surface area contributed by atoms with Crippen LogP contribution in [-0.2, 0) is 5.41 Å². The molecule has 0 amide bonds. The average Bonchev–Trinajstić information content (AvgIpc) is 3.26. The minimum Gasteiger partial charge on any atom is -0.0619 e. The molecule has 1 atom stereocenters. The SMILES string of the molecule is Cc1ccc2c(c1)C1(c3ccccc3-2)c2ccccc2-c2c1ccc1ccccc21. The number of hydrogen-bond acceptors (Lipinski definition) is 0. The fourth-order valence-electron chi connectivity index (χ4n) is 6.02. The number of aryl methyl sites for hydroxylation is 1. The van der Waals surface area contributed by atoms with Crippen molar-refractivity contribution in [1.82, 2.24) is 0 Å². The van der Waals surface area contributed by atoms with Gasteiger partial charge >= 0.3 is 0 Å². The Hall–Kier alpha value is -3.64. The van der Waals surface area contributed by atoms with Gasteiger partial charge in [-0.2, -0.15) is 0 Å². The Labute approximate surface area is 176 Å². The molecule has 0 saturated heterocycles. The van der Waals surface area contributed by atoms with E-state index in [0.717, 1.165) is 0 Å². The summed E-state index contributed by atoms with van der Waals surface area (Å²) >= 11 is 0. The van der Waals surface area contributed by atoms with Crippen molar-refractivity contribution >= 4 is 10.8 Å². The van der Waals surface area contributed by atoms with Gasteiger partial charge in [0, 0.05) is 0 Å². The summed E-state index contributed by atoms with van der Waals surface area (Å²) < 4.78 is 0. The molecule has 2 aliphatic rings. The number of rotatable bonds is 0. The van der Waals surface area contributed by atoms with Gasteiger partial charge in [0.25, 0.3) is 0 Å². The van der Waals surface area contributed by atoms with Gasteiger partial charge in [-0.3, -0.25) is 0 Å². The fourth-order valence-corrected chi connectivity index (χ4v) is 6.02. The predicted molar refractivity (Wildman–Crippen MR) is 125 cm³/mol. The second kappa shape index (κ2) is 5.49. The zero-order valence-corrected chi connectivity index (χ0v) is 16.8. The highest BCUT2D eigenvalue weighted by molar-refractivity contribution is 6.06. The highest BCUT2D eigenvalue weighted by Crippen LogP contribution is 2.63. The maximum atomic E-state index is 2.41. The molecule has 1 spiro atoms. The third-order valence-electron chi connectivity index (χ3n) is 7.13. The first-order valence-corrected chi connectivity index (χ1v) is 10.6. The maximum absolute atomic E-state index is 2.41. The van der Waals surface area contributed by atoms with E-state index in [-0.39, 0.29) is 5.41 Å². The molecule has 5 aromatic carbocycles. The molecule has 0 N–H and O–H groups in total. The van der Waals surface area contributed by atoms with E-state index in [1.807, 2.05) is 0 Å². The Kier molecular flexibility index (Phi) is 2.96. The first-order chi connectivity index (χ1) is 14.8. The first kappa shape index (κ1) is 16.2. The van der Waals surface area contributed by atoms with Gasteiger partial charge in [0.2, 0.25) is 0 Å². The van der Waals surface area contributed by atoms with E-state index in [1.165, 1.54) is 60.8 Å². The summed E-state index contributed by atoms with van der Waals surface area (Å²) in [7, 11) is 0. The standard InChI is InChI=1S/C30H20/c1-19-14-16-23-22-10-4-6-12-25(22)30(28(23)18-19)26-13-7-5-11-24(26)29-21-9-3-2-8-20(21)15-17-27(29)30/h2-18H,1H3. The lowest BCUT2D eigenvalue weighted by atomic mass is 9.70. The highest BCUT2D eigenvalue weighted by atomic mass is 14.5. The van der Waals surface area contributed by atoms with Crippen LogP contribution in [0.15, 0.2) is 103 Å². The van der Waals surface area contributed by atoms with Crippen molar-refractivity contribution in [2.45, 2.75) is 12.3 Å². The van der Waals surface area contributed by atoms with E-state index in [4.69, 9.17) is 0 Å². The van der Waals surface area contributed by atoms with E-state index in [1.54, 1.807) is 0 Å². The number of hydrogen-bond donors (Lipinski definition) is 0. The van der Waals surface area contributed by atoms with Crippen LogP contribution in [0.2, 0.25) is 0 Å². The Bertz CT molecular complexity index is 1500. The Morgan fingerprint density at radius 2 is 1.17 bits per heavy atom. The molecular formula is C30H20. The van der Waals surface area contributed by atoms with Gasteiger partial charge in [0.1, 0.15) is 0 Å². The Morgan fingerprint density at radius 1 is 0.500 bits per heavy atom. The molecule has 0 aliphatic heterocycles. The monoisotopic (exact) mass is 380 g/mol.